The highest BCUT2D eigenvalue weighted by molar-refractivity contribution is 7.80. The molecule has 0 saturated heterocycles. The minimum absolute atomic E-state index is 0.0870. The summed E-state index contributed by atoms with van der Waals surface area (Å²) in [7, 11) is 1.71. The number of carbonyl (C=O) groups excluding carboxylic acids is 1. The highest BCUT2D eigenvalue weighted by Crippen LogP contribution is 2.32. The number of hydrogen-bond donors (Lipinski definition) is 2. The van der Waals surface area contributed by atoms with Crippen molar-refractivity contribution in [3.63, 3.8) is 0 Å². The van der Waals surface area contributed by atoms with E-state index in [4.69, 9.17) is 12.2 Å². The summed E-state index contributed by atoms with van der Waals surface area (Å²) >= 11 is 6.32. The van der Waals surface area contributed by atoms with Gasteiger partial charge < -0.3 is 5.32 Å². The number of aromatic nitrogens is 1. The minimum Gasteiger partial charge on any atom is -0.364 e. The molecule has 0 unspecified atom stereocenters. The second-order valence-electron chi connectivity index (χ2n) is 5.08. The van der Waals surface area contributed by atoms with Crippen LogP contribution in [0.1, 0.15) is 23.7 Å². The van der Waals surface area contributed by atoms with Crippen molar-refractivity contribution in [1.82, 2.24) is 15.7 Å². The Labute approximate surface area is 150 Å². The molecule has 8 heteroatoms. The lowest BCUT2D eigenvalue weighted by molar-refractivity contribution is -0.115. The first-order chi connectivity index (χ1) is 11.4. The van der Waals surface area contributed by atoms with Gasteiger partial charge >= 0.3 is 0 Å². The molecular formula is C16H19N5OS2. The van der Waals surface area contributed by atoms with Gasteiger partial charge in [-0.15, -0.1) is 11.3 Å². The second-order valence-corrected chi connectivity index (χ2v) is 6.32. The predicted octanol–water partition coefficient (Wildman–Crippen LogP) is 2.87. The fraction of sp³-hybridized carbons (Fsp3) is 0.250. The van der Waals surface area contributed by atoms with E-state index in [-0.39, 0.29) is 5.91 Å². The smallest absolute Gasteiger partial charge is 0.230 e. The average molecular weight is 361 g/mol. The lowest BCUT2D eigenvalue weighted by atomic mass is 10.1. The van der Waals surface area contributed by atoms with E-state index in [1.165, 1.54) is 18.3 Å². The van der Waals surface area contributed by atoms with Crippen LogP contribution in [-0.4, -0.2) is 29.3 Å². The number of hydrazone groups is 1. The number of rotatable bonds is 4. The molecule has 0 saturated carbocycles. The molecule has 0 aliphatic heterocycles. The first-order valence-corrected chi connectivity index (χ1v) is 8.56. The van der Waals surface area contributed by atoms with E-state index in [9.17, 15) is 4.79 Å². The summed E-state index contributed by atoms with van der Waals surface area (Å²) in [6.07, 6.45) is 1.56. The number of nitrogens with zero attached hydrogens (tertiary/aromatic N) is 3. The van der Waals surface area contributed by atoms with E-state index in [1.54, 1.807) is 18.2 Å². The van der Waals surface area contributed by atoms with Crippen LogP contribution in [0, 0.1) is 13.8 Å². The van der Waals surface area contributed by atoms with Crippen molar-refractivity contribution in [3.05, 3.63) is 40.4 Å². The molecule has 2 aromatic rings. The molecule has 1 aromatic heterocycles. The third-order valence-corrected chi connectivity index (χ3v) is 4.56. The van der Waals surface area contributed by atoms with Gasteiger partial charge in [-0.1, -0.05) is 12.1 Å². The fourth-order valence-corrected chi connectivity index (χ4v) is 2.92. The van der Waals surface area contributed by atoms with Gasteiger partial charge in [0, 0.05) is 19.4 Å². The third kappa shape index (κ3) is 4.15. The molecule has 1 amide bonds. The van der Waals surface area contributed by atoms with Crippen LogP contribution < -0.4 is 15.6 Å². The molecule has 0 fully saturated rings. The van der Waals surface area contributed by atoms with E-state index < -0.39 is 0 Å². The number of thiocarbonyl (C=S) groups is 1. The molecule has 0 spiro atoms. The number of benzene rings is 1. The lowest BCUT2D eigenvalue weighted by Crippen LogP contribution is -2.28. The van der Waals surface area contributed by atoms with Gasteiger partial charge in [0.05, 0.1) is 17.6 Å². The third-order valence-electron chi connectivity index (χ3n) is 3.42. The Balaban J connectivity index is 2.29. The van der Waals surface area contributed by atoms with Gasteiger partial charge in [-0.25, -0.2) is 4.98 Å². The van der Waals surface area contributed by atoms with Crippen LogP contribution in [0.2, 0.25) is 0 Å². The van der Waals surface area contributed by atoms with Gasteiger partial charge in [-0.05, 0) is 43.3 Å². The number of thiazole rings is 1. The zero-order valence-electron chi connectivity index (χ0n) is 14.0. The van der Waals surface area contributed by atoms with Crippen molar-refractivity contribution < 1.29 is 4.79 Å². The number of anilines is 2. The summed E-state index contributed by atoms with van der Waals surface area (Å²) in [5, 5.41) is 9.62. The molecular weight excluding hydrogens is 342 g/mol. The summed E-state index contributed by atoms with van der Waals surface area (Å²) in [5.41, 5.74) is 6.34. The van der Waals surface area contributed by atoms with Crippen LogP contribution in [0.25, 0.3) is 0 Å². The monoisotopic (exact) mass is 361 g/mol. The fourth-order valence-electron chi connectivity index (χ4n) is 2.04. The van der Waals surface area contributed by atoms with Crippen LogP contribution in [0.15, 0.2) is 28.7 Å². The summed E-state index contributed by atoms with van der Waals surface area (Å²) < 4.78 is 0. The van der Waals surface area contributed by atoms with Gasteiger partial charge in [0.1, 0.15) is 0 Å². The molecule has 0 bridgehead atoms. The largest absolute Gasteiger partial charge is 0.364 e. The summed E-state index contributed by atoms with van der Waals surface area (Å²) in [6.45, 7) is 5.55. The quantitative estimate of drug-likeness (QED) is 0.498. The standard InChI is InChI=1S/C16H19N5OS2/c1-10-6-5-7-14(11(10)2)21(12(3)22)16-19-13(9-24-16)8-18-20-15(23)17-4/h5-9H,1-4H3,(H2,17,20,23)/b18-8-. The molecule has 2 N–H and O–H groups in total. The SMILES string of the molecule is CNC(=S)N/N=C\c1csc(N(C(C)=O)c2cccc(C)c2C)n1. The highest BCUT2D eigenvalue weighted by atomic mass is 32.1. The van der Waals surface area contributed by atoms with Crippen LogP contribution in [0.4, 0.5) is 10.8 Å². The number of amides is 1. The van der Waals surface area contributed by atoms with E-state index in [1.807, 2.05) is 37.4 Å². The lowest BCUT2D eigenvalue weighted by Gasteiger charge is -2.21. The second kappa shape index (κ2) is 7.98. The molecule has 6 nitrogen and oxygen atoms in total. The first kappa shape index (κ1) is 18.0. The number of hydrogen-bond acceptors (Lipinski definition) is 5. The Bertz CT molecular complexity index is 785. The maximum Gasteiger partial charge on any atom is 0.230 e. The topological polar surface area (TPSA) is 69.6 Å². The first-order valence-electron chi connectivity index (χ1n) is 7.27. The molecule has 0 aliphatic rings. The Hall–Kier alpha value is -2.32. The number of aryl methyl sites for hydroxylation is 1. The summed E-state index contributed by atoms with van der Waals surface area (Å²) in [5.74, 6) is -0.0870. The Kier molecular flexibility index (Phi) is 5.99. The van der Waals surface area contributed by atoms with Crippen molar-refractivity contribution in [1.29, 1.82) is 0 Å². The molecule has 0 radical (unpaired) electrons. The van der Waals surface area contributed by atoms with Crippen molar-refractivity contribution in [2.24, 2.45) is 5.10 Å². The molecule has 1 aromatic carbocycles. The Morgan fingerprint density at radius 2 is 2.17 bits per heavy atom. The molecule has 0 aliphatic carbocycles. The van der Waals surface area contributed by atoms with E-state index in [0.717, 1.165) is 16.8 Å². The average Bonchev–Trinajstić information content (AvgIpc) is 2.99. The van der Waals surface area contributed by atoms with Crippen LogP contribution in [0.3, 0.4) is 0 Å². The van der Waals surface area contributed by atoms with Gasteiger partial charge in [-0.3, -0.25) is 15.1 Å². The maximum absolute atomic E-state index is 12.2. The van der Waals surface area contributed by atoms with E-state index in [0.29, 0.717) is 15.9 Å². The van der Waals surface area contributed by atoms with Gasteiger partial charge in [0.2, 0.25) is 5.91 Å². The predicted molar refractivity (Wildman–Crippen MR) is 103 cm³/mol. The highest BCUT2D eigenvalue weighted by Gasteiger charge is 2.19. The van der Waals surface area contributed by atoms with Crippen LogP contribution in [-0.2, 0) is 4.79 Å². The molecule has 2 rings (SSSR count). The normalized spacial score (nSPS) is 10.7. The number of carbonyl (C=O) groups is 1. The minimum atomic E-state index is -0.0870. The molecule has 0 atom stereocenters. The van der Waals surface area contributed by atoms with Crippen molar-refractivity contribution in [2.45, 2.75) is 20.8 Å². The molecule has 24 heavy (non-hydrogen) atoms. The zero-order valence-corrected chi connectivity index (χ0v) is 15.6. The Morgan fingerprint density at radius 1 is 1.42 bits per heavy atom. The Morgan fingerprint density at radius 3 is 2.83 bits per heavy atom. The number of nitrogens with one attached hydrogen (secondary N) is 2. The summed E-state index contributed by atoms with van der Waals surface area (Å²) in [4.78, 5) is 18.3. The van der Waals surface area contributed by atoms with Gasteiger partial charge in [-0.2, -0.15) is 5.10 Å². The maximum atomic E-state index is 12.2. The van der Waals surface area contributed by atoms with E-state index in [2.05, 4.69) is 20.8 Å². The van der Waals surface area contributed by atoms with Gasteiger partial charge in [0.25, 0.3) is 0 Å². The molecule has 1 heterocycles. The molecule has 126 valence electrons. The van der Waals surface area contributed by atoms with Crippen LogP contribution in [0.5, 0.6) is 0 Å². The van der Waals surface area contributed by atoms with Crippen molar-refractivity contribution >= 4 is 51.6 Å². The van der Waals surface area contributed by atoms with Crippen molar-refractivity contribution in [3.8, 4) is 0 Å². The summed E-state index contributed by atoms with van der Waals surface area (Å²) in [6, 6.07) is 5.88. The zero-order chi connectivity index (χ0) is 17.7. The van der Waals surface area contributed by atoms with Crippen molar-refractivity contribution in [2.75, 3.05) is 11.9 Å². The van der Waals surface area contributed by atoms with E-state index >= 15 is 0 Å². The van der Waals surface area contributed by atoms with Crippen LogP contribution >= 0.6 is 23.6 Å². The van der Waals surface area contributed by atoms with Gasteiger partial charge in [0.15, 0.2) is 10.2 Å².